The lowest BCUT2D eigenvalue weighted by Crippen LogP contribution is -2.49. The zero-order valence-corrected chi connectivity index (χ0v) is 19.5. The minimum absolute atomic E-state index is 0.0794. The minimum atomic E-state index is 0.0794. The van der Waals surface area contributed by atoms with E-state index in [0.29, 0.717) is 19.1 Å². The summed E-state index contributed by atoms with van der Waals surface area (Å²) in [6.07, 6.45) is 0. The quantitative estimate of drug-likeness (QED) is 0.675. The van der Waals surface area contributed by atoms with Crippen molar-refractivity contribution in [2.24, 2.45) is 0 Å². The SMILES string of the molecule is CC(=O)c1ccc(N2CCN(C(=O)c3ccc(N4CCN(C(C)C)CC4)cc3)CC2)cc1. The number of benzene rings is 2. The van der Waals surface area contributed by atoms with Crippen LogP contribution >= 0.6 is 0 Å². The van der Waals surface area contributed by atoms with Crippen LogP contribution in [0.15, 0.2) is 48.5 Å². The van der Waals surface area contributed by atoms with E-state index in [1.807, 2.05) is 41.3 Å². The van der Waals surface area contributed by atoms with Crippen molar-refractivity contribution in [2.45, 2.75) is 26.8 Å². The molecule has 32 heavy (non-hydrogen) atoms. The summed E-state index contributed by atoms with van der Waals surface area (Å²) in [5.41, 5.74) is 3.79. The number of piperazine rings is 2. The standard InChI is InChI=1S/C26H34N4O2/c1-20(2)27-12-14-28(15-13-27)25-10-6-23(7-11-25)26(32)30-18-16-29(17-19-30)24-8-4-22(5-9-24)21(3)31/h4-11,20H,12-19H2,1-3H3. The summed E-state index contributed by atoms with van der Waals surface area (Å²) in [5, 5.41) is 0. The molecule has 2 saturated heterocycles. The largest absolute Gasteiger partial charge is 0.369 e. The Morgan fingerprint density at radius 2 is 1.09 bits per heavy atom. The second-order valence-electron chi connectivity index (χ2n) is 9.05. The van der Waals surface area contributed by atoms with Crippen molar-refractivity contribution >= 4 is 23.1 Å². The van der Waals surface area contributed by atoms with Gasteiger partial charge in [-0.25, -0.2) is 0 Å². The number of rotatable bonds is 5. The molecular weight excluding hydrogens is 400 g/mol. The number of anilines is 2. The van der Waals surface area contributed by atoms with Gasteiger partial charge in [0.2, 0.25) is 0 Å². The zero-order chi connectivity index (χ0) is 22.7. The molecule has 0 bridgehead atoms. The molecule has 0 saturated carbocycles. The van der Waals surface area contributed by atoms with Crippen molar-refractivity contribution in [2.75, 3.05) is 62.2 Å². The summed E-state index contributed by atoms with van der Waals surface area (Å²) in [6, 6.07) is 16.5. The number of carbonyl (C=O) groups excluding carboxylic acids is 2. The average Bonchev–Trinajstić information content (AvgIpc) is 2.84. The summed E-state index contributed by atoms with van der Waals surface area (Å²) in [6.45, 7) is 13.3. The highest BCUT2D eigenvalue weighted by atomic mass is 16.2. The van der Waals surface area contributed by atoms with Gasteiger partial charge < -0.3 is 14.7 Å². The minimum Gasteiger partial charge on any atom is -0.369 e. The molecule has 0 aromatic heterocycles. The maximum atomic E-state index is 13.0. The number of amides is 1. The second-order valence-corrected chi connectivity index (χ2v) is 9.05. The number of Topliss-reactive ketones (excluding diaryl/α,β-unsaturated/α-hetero) is 1. The van der Waals surface area contributed by atoms with Crippen LogP contribution in [0.25, 0.3) is 0 Å². The van der Waals surface area contributed by atoms with E-state index in [2.05, 4.69) is 40.7 Å². The molecule has 170 valence electrons. The highest BCUT2D eigenvalue weighted by molar-refractivity contribution is 5.95. The van der Waals surface area contributed by atoms with E-state index in [9.17, 15) is 9.59 Å². The van der Waals surface area contributed by atoms with Crippen LogP contribution in [-0.4, -0.2) is 79.9 Å². The predicted molar refractivity (Wildman–Crippen MR) is 130 cm³/mol. The summed E-state index contributed by atoms with van der Waals surface area (Å²) >= 11 is 0. The van der Waals surface area contributed by atoms with Gasteiger partial charge in [-0.3, -0.25) is 14.5 Å². The molecule has 0 atom stereocenters. The number of ketones is 1. The molecule has 0 unspecified atom stereocenters. The Morgan fingerprint density at radius 3 is 1.53 bits per heavy atom. The first-order valence-corrected chi connectivity index (χ1v) is 11.7. The molecule has 2 aliphatic rings. The highest BCUT2D eigenvalue weighted by Crippen LogP contribution is 2.21. The summed E-state index contributed by atoms with van der Waals surface area (Å²) in [7, 11) is 0. The zero-order valence-electron chi connectivity index (χ0n) is 19.5. The van der Waals surface area contributed by atoms with Crippen molar-refractivity contribution < 1.29 is 9.59 Å². The fourth-order valence-corrected chi connectivity index (χ4v) is 4.57. The topological polar surface area (TPSA) is 47.1 Å². The van der Waals surface area contributed by atoms with Crippen molar-refractivity contribution in [3.63, 3.8) is 0 Å². The van der Waals surface area contributed by atoms with Gasteiger partial charge in [0.25, 0.3) is 5.91 Å². The maximum absolute atomic E-state index is 13.0. The Hall–Kier alpha value is -2.86. The van der Waals surface area contributed by atoms with Crippen molar-refractivity contribution in [1.82, 2.24) is 9.80 Å². The molecule has 0 spiro atoms. The van der Waals surface area contributed by atoms with E-state index in [1.54, 1.807) is 6.92 Å². The molecule has 4 rings (SSSR count). The van der Waals surface area contributed by atoms with Crippen LogP contribution in [0.3, 0.4) is 0 Å². The van der Waals surface area contributed by atoms with Crippen molar-refractivity contribution in [3.8, 4) is 0 Å². The number of hydrogen-bond donors (Lipinski definition) is 0. The third-order valence-electron chi connectivity index (χ3n) is 6.73. The lowest BCUT2D eigenvalue weighted by molar-refractivity contribution is 0.0746. The number of nitrogens with zero attached hydrogens (tertiary/aromatic N) is 4. The van der Waals surface area contributed by atoms with Gasteiger partial charge in [0.1, 0.15) is 0 Å². The van der Waals surface area contributed by atoms with E-state index in [-0.39, 0.29) is 11.7 Å². The van der Waals surface area contributed by atoms with Crippen LogP contribution < -0.4 is 9.80 Å². The average molecular weight is 435 g/mol. The van der Waals surface area contributed by atoms with E-state index in [1.165, 1.54) is 5.69 Å². The van der Waals surface area contributed by atoms with Gasteiger partial charge in [0.05, 0.1) is 0 Å². The number of hydrogen-bond acceptors (Lipinski definition) is 5. The Labute approximate surface area is 191 Å². The van der Waals surface area contributed by atoms with Gasteiger partial charge in [-0.15, -0.1) is 0 Å². The molecule has 0 N–H and O–H groups in total. The molecule has 0 radical (unpaired) electrons. The number of carbonyl (C=O) groups is 2. The van der Waals surface area contributed by atoms with E-state index < -0.39 is 0 Å². The Balaban J connectivity index is 1.31. The normalized spacial score (nSPS) is 17.7. The molecule has 2 heterocycles. The van der Waals surface area contributed by atoms with Crippen molar-refractivity contribution in [3.05, 3.63) is 59.7 Å². The van der Waals surface area contributed by atoms with Crippen LogP contribution in [0.1, 0.15) is 41.5 Å². The van der Waals surface area contributed by atoms with Gasteiger partial charge in [-0.2, -0.15) is 0 Å². The Kier molecular flexibility index (Phi) is 6.80. The molecule has 2 aromatic rings. The van der Waals surface area contributed by atoms with E-state index in [0.717, 1.165) is 56.1 Å². The first-order chi connectivity index (χ1) is 15.4. The van der Waals surface area contributed by atoms with E-state index in [4.69, 9.17) is 0 Å². The molecular formula is C26H34N4O2. The summed E-state index contributed by atoms with van der Waals surface area (Å²) < 4.78 is 0. The van der Waals surface area contributed by atoms with Gasteiger partial charge >= 0.3 is 0 Å². The molecule has 2 aromatic carbocycles. The predicted octanol–water partition coefficient (Wildman–Crippen LogP) is 3.38. The molecule has 0 aliphatic carbocycles. The molecule has 2 fully saturated rings. The first-order valence-electron chi connectivity index (χ1n) is 11.7. The van der Waals surface area contributed by atoms with Crippen molar-refractivity contribution in [1.29, 1.82) is 0 Å². The first kappa shape index (κ1) is 22.3. The lowest BCUT2D eigenvalue weighted by Gasteiger charge is -2.38. The highest BCUT2D eigenvalue weighted by Gasteiger charge is 2.23. The molecule has 6 heteroatoms. The van der Waals surface area contributed by atoms with Crippen LogP contribution in [0.2, 0.25) is 0 Å². The smallest absolute Gasteiger partial charge is 0.253 e. The van der Waals surface area contributed by atoms with Crippen LogP contribution in [0.5, 0.6) is 0 Å². The van der Waals surface area contributed by atoms with E-state index >= 15 is 0 Å². The summed E-state index contributed by atoms with van der Waals surface area (Å²) in [5.74, 6) is 0.184. The monoisotopic (exact) mass is 434 g/mol. The van der Waals surface area contributed by atoms with Crippen LogP contribution in [0.4, 0.5) is 11.4 Å². The fourth-order valence-electron chi connectivity index (χ4n) is 4.57. The lowest BCUT2D eigenvalue weighted by atomic mass is 10.1. The Morgan fingerprint density at radius 1 is 0.656 bits per heavy atom. The van der Waals surface area contributed by atoms with Gasteiger partial charge in [0.15, 0.2) is 5.78 Å². The third-order valence-corrected chi connectivity index (χ3v) is 6.73. The molecule has 2 aliphatic heterocycles. The van der Waals surface area contributed by atoms with Gasteiger partial charge in [0, 0.05) is 80.9 Å². The van der Waals surface area contributed by atoms with Crippen LogP contribution in [0, 0.1) is 0 Å². The summed E-state index contributed by atoms with van der Waals surface area (Å²) in [4.78, 5) is 33.6. The van der Waals surface area contributed by atoms with Crippen LogP contribution in [-0.2, 0) is 0 Å². The second kappa shape index (κ2) is 9.74. The third kappa shape index (κ3) is 4.96. The molecule has 6 nitrogen and oxygen atoms in total. The fraction of sp³-hybridized carbons (Fsp3) is 0.462. The Bertz CT molecular complexity index is 923. The maximum Gasteiger partial charge on any atom is 0.253 e. The van der Waals surface area contributed by atoms with Gasteiger partial charge in [-0.1, -0.05) is 0 Å². The molecule has 1 amide bonds. The van der Waals surface area contributed by atoms with Gasteiger partial charge in [-0.05, 0) is 69.3 Å².